The molecule has 0 radical (unpaired) electrons. The molecule has 2 nitrogen and oxygen atoms in total. The molecular weight excluding hydrogens is 195 g/mol. The average molecular weight is 210 g/mol. The van der Waals surface area contributed by atoms with Crippen molar-refractivity contribution < 1.29 is 13.9 Å². The van der Waals surface area contributed by atoms with Crippen LogP contribution in [0.4, 0.5) is 4.39 Å². The van der Waals surface area contributed by atoms with E-state index in [0.717, 1.165) is 6.42 Å². The molecule has 0 spiro atoms. The third-order valence-corrected chi connectivity index (χ3v) is 2.05. The maximum absolute atomic E-state index is 12.8. The van der Waals surface area contributed by atoms with E-state index in [2.05, 4.69) is 13.8 Å². The van der Waals surface area contributed by atoms with Gasteiger partial charge >= 0.3 is 0 Å². The summed E-state index contributed by atoms with van der Waals surface area (Å²) in [7, 11) is 0. The second-order valence-electron chi connectivity index (χ2n) is 3.83. The van der Waals surface area contributed by atoms with Gasteiger partial charge < -0.3 is 4.74 Å². The lowest BCUT2D eigenvalue weighted by Gasteiger charge is -2.09. The van der Waals surface area contributed by atoms with Crippen molar-refractivity contribution in [1.29, 1.82) is 0 Å². The maximum atomic E-state index is 12.8. The normalized spacial score (nSPS) is 10.4. The number of aldehydes is 1. The molecule has 3 heteroatoms. The summed E-state index contributed by atoms with van der Waals surface area (Å²) in [6.07, 6.45) is 1.52. The topological polar surface area (TPSA) is 26.3 Å². The van der Waals surface area contributed by atoms with Gasteiger partial charge in [0.2, 0.25) is 0 Å². The van der Waals surface area contributed by atoms with Crippen molar-refractivity contribution in [1.82, 2.24) is 0 Å². The van der Waals surface area contributed by atoms with Crippen LogP contribution in [-0.2, 0) is 0 Å². The lowest BCUT2D eigenvalue weighted by Crippen LogP contribution is -2.03. The van der Waals surface area contributed by atoms with Crippen LogP contribution in [0.15, 0.2) is 18.2 Å². The molecule has 0 heterocycles. The minimum Gasteiger partial charge on any atom is -0.493 e. The Morgan fingerprint density at radius 3 is 2.80 bits per heavy atom. The molecule has 15 heavy (non-hydrogen) atoms. The number of ether oxygens (including phenoxy) is 1. The van der Waals surface area contributed by atoms with Crippen molar-refractivity contribution in [2.24, 2.45) is 5.92 Å². The molecule has 0 aromatic heterocycles. The predicted octanol–water partition coefficient (Wildman–Crippen LogP) is 3.06. The molecule has 0 saturated carbocycles. The number of carbonyl (C=O) groups excluding carboxylic acids is 1. The van der Waals surface area contributed by atoms with Gasteiger partial charge in [0.25, 0.3) is 0 Å². The number of benzene rings is 1. The molecule has 1 aromatic rings. The lowest BCUT2D eigenvalue weighted by atomic mass is 10.1. The number of hydrogen-bond acceptors (Lipinski definition) is 2. The third kappa shape index (κ3) is 3.70. The summed E-state index contributed by atoms with van der Waals surface area (Å²) >= 11 is 0. The third-order valence-electron chi connectivity index (χ3n) is 2.05. The lowest BCUT2D eigenvalue weighted by molar-refractivity contribution is 0.111. The first kappa shape index (κ1) is 11.7. The Bertz CT molecular complexity index is 334. The number of carbonyl (C=O) groups is 1. The molecule has 0 bridgehead atoms. The van der Waals surface area contributed by atoms with Crippen molar-refractivity contribution in [3.63, 3.8) is 0 Å². The first-order chi connectivity index (χ1) is 7.13. The number of rotatable bonds is 5. The van der Waals surface area contributed by atoms with E-state index in [4.69, 9.17) is 4.74 Å². The minimum absolute atomic E-state index is 0.263. The fraction of sp³-hybridized carbons (Fsp3) is 0.417. The van der Waals surface area contributed by atoms with Gasteiger partial charge in [-0.25, -0.2) is 4.39 Å². The van der Waals surface area contributed by atoms with Crippen LogP contribution in [0.5, 0.6) is 5.75 Å². The van der Waals surface area contributed by atoms with E-state index in [0.29, 0.717) is 24.6 Å². The molecule has 0 aliphatic carbocycles. The number of hydrogen-bond donors (Lipinski definition) is 0. The Balaban J connectivity index is 2.64. The number of halogens is 1. The van der Waals surface area contributed by atoms with Gasteiger partial charge in [-0.15, -0.1) is 0 Å². The van der Waals surface area contributed by atoms with Crippen LogP contribution in [-0.4, -0.2) is 12.9 Å². The van der Waals surface area contributed by atoms with E-state index < -0.39 is 5.82 Å². The van der Waals surface area contributed by atoms with E-state index >= 15 is 0 Å². The highest BCUT2D eigenvalue weighted by Crippen LogP contribution is 2.18. The van der Waals surface area contributed by atoms with Gasteiger partial charge in [-0.2, -0.15) is 0 Å². The van der Waals surface area contributed by atoms with Gasteiger partial charge in [-0.05, 0) is 30.5 Å². The molecule has 0 aliphatic heterocycles. The van der Waals surface area contributed by atoms with Crippen LogP contribution in [0.3, 0.4) is 0 Å². The Labute approximate surface area is 89.1 Å². The second kappa shape index (κ2) is 5.49. The van der Waals surface area contributed by atoms with Gasteiger partial charge in [-0.1, -0.05) is 13.8 Å². The van der Waals surface area contributed by atoms with Gasteiger partial charge in [-0.3, -0.25) is 4.79 Å². The summed E-state index contributed by atoms with van der Waals surface area (Å²) in [5, 5.41) is 0. The van der Waals surface area contributed by atoms with E-state index in [1.807, 2.05) is 0 Å². The first-order valence-corrected chi connectivity index (χ1v) is 5.01. The summed E-state index contributed by atoms with van der Waals surface area (Å²) in [4.78, 5) is 10.6. The second-order valence-corrected chi connectivity index (χ2v) is 3.83. The van der Waals surface area contributed by atoms with E-state index in [-0.39, 0.29) is 5.56 Å². The molecule has 82 valence electrons. The van der Waals surface area contributed by atoms with Crippen molar-refractivity contribution in [2.75, 3.05) is 6.61 Å². The van der Waals surface area contributed by atoms with Crippen molar-refractivity contribution >= 4 is 6.29 Å². The first-order valence-electron chi connectivity index (χ1n) is 5.01. The quantitative estimate of drug-likeness (QED) is 0.698. The SMILES string of the molecule is CC(C)CCOc1ccc(F)cc1C=O. The zero-order valence-corrected chi connectivity index (χ0v) is 9.00. The molecule has 0 unspecified atom stereocenters. The summed E-state index contributed by atoms with van der Waals surface area (Å²) in [5.74, 6) is 0.575. The van der Waals surface area contributed by atoms with Gasteiger partial charge in [0.05, 0.1) is 12.2 Å². The molecule has 0 atom stereocenters. The molecule has 0 fully saturated rings. The predicted molar refractivity (Wildman–Crippen MR) is 56.7 cm³/mol. The highest BCUT2D eigenvalue weighted by molar-refractivity contribution is 5.79. The molecular formula is C12H15FO2. The highest BCUT2D eigenvalue weighted by Gasteiger charge is 2.04. The van der Waals surface area contributed by atoms with E-state index in [1.165, 1.54) is 18.2 Å². The Kier molecular flexibility index (Phi) is 4.28. The molecule has 0 N–H and O–H groups in total. The Hall–Kier alpha value is -1.38. The van der Waals surface area contributed by atoms with E-state index in [1.54, 1.807) is 0 Å². The summed E-state index contributed by atoms with van der Waals surface area (Å²) in [6, 6.07) is 3.95. The smallest absolute Gasteiger partial charge is 0.153 e. The zero-order valence-electron chi connectivity index (χ0n) is 9.00. The standard InChI is InChI=1S/C12H15FO2/c1-9(2)5-6-15-12-4-3-11(13)7-10(12)8-14/h3-4,7-9H,5-6H2,1-2H3. The summed E-state index contributed by atoms with van der Waals surface area (Å²) in [5.41, 5.74) is 0.263. The van der Waals surface area contributed by atoms with Gasteiger partial charge in [0.15, 0.2) is 6.29 Å². The van der Waals surface area contributed by atoms with Crippen molar-refractivity contribution in [3.05, 3.63) is 29.6 Å². The monoisotopic (exact) mass is 210 g/mol. The van der Waals surface area contributed by atoms with Gasteiger partial charge in [0, 0.05) is 0 Å². The molecule has 1 rings (SSSR count). The van der Waals surface area contributed by atoms with Crippen LogP contribution in [0.2, 0.25) is 0 Å². The fourth-order valence-corrected chi connectivity index (χ4v) is 1.15. The van der Waals surface area contributed by atoms with Crippen LogP contribution in [0, 0.1) is 11.7 Å². The van der Waals surface area contributed by atoms with Crippen LogP contribution in [0.25, 0.3) is 0 Å². The average Bonchev–Trinajstić information content (AvgIpc) is 2.19. The van der Waals surface area contributed by atoms with Crippen LogP contribution >= 0.6 is 0 Å². The Morgan fingerprint density at radius 2 is 2.20 bits per heavy atom. The maximum Gasteiger partial charge on any atom is 0.153 e. The molecule has 1 aromatic carbocycles. The molecule has 0 aliphatic rings. The van der Waals surface area contributed by atoms with Gasteiger partial charge in [0.1, 0.15) is 11.6 Å². The minimum atomic E-state index is -0.423. The van der Waals surface area contributed by atoms with Crippen molar-refractivity contribution in [2.45, 2.75) is 20.3 Å². The van der Waals surface area contributed by atoms with Crippen molar-refractivity contribution in [3.8, 4) is 5.75 Å². The van der Waals surface area contributed by atoms with E-state index in [9.17, 15) is 9.18 Å². The molecule has 0 amide bonds. The van der Waals surface area contributed by atoms with Crippen LogP contribution < -0.4 is 4.74 Å². The molecule has 0 saturated heterocycles. The Morgan fingerprint density at radius 1 is 1.47 bits per heavy atom. The summed E-state index contributed by atoms with van der Waals surface area (Å²) in [6.45, 7) is 4.73. The summed E-state index contributed by atoms with van der Waals surface area (Å²) < 4.78 is 18.2. The zero-order chi connectivity index (χ0) is 11.3. The van der Waals surface area contributed by atoms with Crippen LogP contribution in [0.1, 0.15) is 30.6 Å². The largest absolute Gasteiger partial charge is 0.493 e. The fourth-order valence-electron chi connectivity index (χ4n) is 1.15. The highest BCUT2D eigenvalue weighted by atomic mass is 19.1.